The minimum Gasteiger partial charge on any atom is -0.353 e. The molecule has 2 heteroatoms. The van der Waals surface area contributed by atoms with Crippen LogP contribution < -0.4 is 0 Å². The van der Waals surface area contributed by atoms with Gasteiger partial charge in [-0.15, -0.1) is 0 Å². The van der Waals surface area contributed by atoms with E-state index in [4.69, 9.17) is 9.47 Å². The summed E-state index contributed by atoms with van der Waals surface area (Å²) in [7, 11) is 1.83. The standard InChI is InChI=1S/C16H26O2/c1-11-10-18-16(17-4)9-8-13-7-5-6-12(2)15(13,3)14(11)16/h7,11-12,14H,5-6,8-10H2,1-4H3/t11-,12-,14+,15+,16-/m0/s1. The van der Waals surface area contributed by atoms with E-state index in [9.17, 15) is 0 Å². The van der Waals surface area contributed by atoms with Crippen LogP contribution in [0.15, 0.2) is 11.6 Å². The second kappa shape index (κ2) is 4.08. The molecule has 2 fully saturated rings. The average Bonchev–Trinajstić information content (AvgIpc) is 2.71. The second-order valence-electron chi connectivity index (χ2n) is 6.77. The molecule has 3 aliphatic rings. The molecule has 3 rings (SSSR count). The Morgan fingerprint density at radius 2 is 2.17 bits per heavy atom. The topological polar surface area (TPSA) is 18.5 Å². The molecule has 2 nitrogen and oxygen atoms in total. The van der Waals surface area contributed by atoms with E-state index in [1.807, 2.05) is 7.11 Å². The van der Waals surface area contributed by atoms with Crippen molar-refractivity contribution in [3.8, 4) is 0 Å². The van der Waals surface area contributed by atoms with Crippen LogP contribution in [0.1, 0.15) is 46.5 Å². The van der Waals surface area contributed by atoms with Gasteiger partial charge in [0, 0.05) is 19.4 Å². The van der Waals surface area contributed by atoms with Crippen LogP contribution in [0.25, 0.3) is 0 Å². The molecule has 1 aliphatic heterocycles. The molecule has 0 aromatic rings. The van der Waals surface area contributed by atoms with Gasteiger partial charge in [-0.1, -0.05) is 32.4 Å². The Kier molecular flexibility index (Phi) is 2.87. The lowest BCUT2D eigenvalue weighted by Crippen LogP contribution is -2.54. The summed E-state index contributed by atoms with van der Waals surface area (Å²) >= 11 is 0. The number of fused-ring (bicyclic) bond motifs is 3. The van der Waals surface area contributed by atoms with Gasteiger partial charge in [0.05, 0.1) is 6.61 Å². The maximum Gasteiger partial charge on any atom is 0.172 e. The van der Waals surface area contributed by atoms with Gasteiger partial charge in [0.25, 0.3) is 0 Å². The van der Waals surface area contributed by atoms with Gasteiger partial charge in [0.2, 0.25) is 0 Å². The van der Waals surface area contributed by atoms with Crippen molar-refractivity contribution in [2.75, 3.05) is 13.7 Å². The predicted molar refractivity (Wildman–Crippen MR) is 72.2 cm³/mol. The number of methoxy groups -OCH3 is 1. The molecule has 0 unspecified atom stereocenters. The van der Waals surface area contributed by atoms with Gasteiger partial charge >= 0.3 is 0 Å². The van der Waals surface area contributed by atoms with Crippen LogP contribution in [0.5, 0.6) is 0 Å². The van der Waals surface area contributed by atoms with Gasteiger partial charge in [0.1, 0.15) is 0 Å². The fourth-order valence-electron chi connectivity index (χ4n) is 4.99. The summed E-state index contributed by atoms with van der Waals surface area (Å²) in [5, 5.41) is 0. The highest BCUT2D eigenvalue weighted by molar-refractivity contribution is 5.26. The number of ether oxygens (including phenoxy) is 2. The van der Waals surface area contributed by atoms with E-state index in [0.717, 1.165) is 25.4 Å². The minimum absolute atomic E-state index is 0.280. The zero-order valence-electron chi connectivity index (χ0n) is 12.2. The Labute approximate surface area is 111 Å². The monoisotopic (exact) mass is 250 g/mol. The van der Waals surface area contributed by atoms with Crippen molar-refractivity contribution in [1.29, 1.82) is 0 Å². The Balaban J connectivity index is 2.08. The fourth-order valence-corrected chi connectivity index (χ4v) is 4.99. The highest BCUT2D eigenvalue weighted by Gasteiger charge is 2.62. The molecular formula is C16H26O2. The molecule has 0 aromatic carbocycles. The van der Waals surface area contributed by atoms with Crippen molar-refractivity contribution in [2.24, 2.45) is 23.2 Å². The number of hydrogen-bond donors (Lipinski definition) is 0. The van der Waals surface area contributed by atoms with E-state index in [1.165, 1.54) is 12.8 Å². The first-order chi connectivity index (χ1) is 8.54. The molecule has 18 heavy (non-hydrogen) atoms. The molecule has 0 N–H and O–H groups in total. The van der Waals surface area contributed by atoms with Crippen LogP contribution in [0.4, 0.5) is 0 Å². The van der Waals surface area contributed by atoms with Crippen LogP contribution in [-0.2, 0) is 9.47 Å². The third-order valence-electron chi connectivity index (χ3n) is 6.07. The van der Waals surface area contributed by atoms with Crippen LogP contribution in [0.3, 0.4) is 0 Å². The Hall–Kier alpha value is -0.340. The molecule has 0 amide bonds. The van der Waals surface area contributed by atoms with Crippen LogP contribution in [0.2, 0.25) is 0 Å². The maximum absolute atomic E-state index is 6.12. The normalized spacial score (nSPS) is 51.6. The molecule has 5 atom stereocenters. The molecule has 1 saturated carbocycles. The van der Waals surface area contributed by atoms with Gasteiger partial charge in [-0.2, -0.15) is 0 Å². The number of hydrogen-bond acceptors (Lipinski definition) is 2. The molecule has 0 bridgehead atoms. The van der Waals surface area contributed by atoms with Crippen LogP contribution >= 0.6 is 0 Å². The highest BCUT2D eigenvalue weighted by atomic mass is 16.7. The number of rotatable bonds is 1. The van der Waals surface area contributed by atoms with Gasteiger partial charge < -0.3 is 9.47 Å². The van der Waals surface area contributed by atoms with E-state index in [1.54, 1.807) is 5.57 Å². The van der Waals surface area contributed by atoms with E-state index >= 15 is 0 Å². The molecular weight excluding hydrogens is 224 g/mol. The lowest BCUT2D eigenvalue weighted by atomic mass is 9.52. The van der Waals surface area contributed by atoms with E-state index in [-0.39, 0.29) is 11.2 Å². The second-order valence-corrected chi connectivity index (χ2v) is 6.77. The molecule has 1 heterocycles. The summed E-state index contributed by atoms with van der Waals surface area (Å²) in [4.78, 5) is 0. The van der Waals surface area contributed by atoms with Crippen molar-refractivity contribution >= 4 is 0 Å². The molecule has 0 aromatic heterocycles. The molecule has 0 spiro atoms. The predicted octanol–water partition coefficient (Wildman–Crippen LogP) is 3.77. The van der Waals surface area contributed by atoms with Crippen molar-refractivity contribution in [3.63, 3.8) is 0 Å². The first-order valence-electron chi connectivity index (χ1n) is 7.43. The van der Waals surface area contributed by atoms with E-state index in [0.29, 0.717) is 11.8 Å². The van der Waals surface area contributed by atoms with Crippen LogP contribution in [0, 0.1) is 23.2 Å². The quantitative estimate of drug-likeness (QED) is 0.660. The summed E-state index contributed by atoms with van der Waals surface area (Å²) in [5.41, 5.74) is 1.96. The van der Waals surface area contributed by atoms with Gasteiger partial charge in [-0.05, 0) is 36.5 Å². The molecule has 102 valence electrons. The largest absolute Gasteiger partial charge is 0.353 e. The van der Waals surface area contributed by atoms with Gasteiger partial charge in [-0.3, -0.25) is 0 Å². The van der Waals surface area contributed by atoms with Crippen molar-refractivity contribution < 1.29 is 9.47 Å². The van der Waals surface area contributed by atoms with Crippen LogP contribution in [-0.4, -0.2) is 19.5 Å². The van der Waals surface area contributed by atoms with Crippen molar-refractivity contribution in [2.45, 2.75) is 52.2 Å². The minimum atomic E-state index is -0.308. The fraction of sp³-hybridized carbons (Fsp3) is 0.875. The smallest absolute Gasteiger partial charge is 0.172 e. The zero-order valence-corrected chi connectivity index (χ0v) is 12.2. The first-order valence-corrected chi connectivity index (χ1v) is 7.43. The zero-order chi connectivity index (χ0) is 13.0. The summed E-state index contributed by atoms with van der Waals surface area (Å²) in [6.45, 7) is 8.07. The van der Waals surface area contributed by atoms with Crippen molar-refractivity contribution in [1.82, 2.24) is 0 Å². The van der Waals surface area contributed by atoms with E-state index in [2.05, 4.69) is 26.8 Å². The van der Waals surface area contributed by atoms with Gasteiger partial charge in [0.15, 0.2) is 5.79 Å². The Bertz CT molecular complexity index is 375. The van der Waals surface area contributed by atoms with E-state index < -0.39 is 0 Å². The lowest BCUT2D eigenvalue weighted by molar-refractivity contribution is -0.249. The summed E-state index contributed by atoms with van der Waals surface area (Å²) in [5.74, 6) is 1.54. The third kappa shape index (κ3) is 1.42. The average molecular weight is 250 g/mol. The SMILES string of the molecule is CO[C@]12CCC3=CCC[C@H](C)[C@@]3(C)[C@H]1[C@@H](C)CO2. The Morgan fingerprint density at radius 3 is 2.89 bits per heavy atom. The maximum atomic E-state index is 6.12. The first kappa shape index (κ1) is 12.7. The molecule has 1 saturated heterocycles. The highest BCUT2D eigenvalue weighted by Crippen LogP contribution is 2.62. The lowest BCUT2D eigenvalue weighted by Gasteiger charge is -2.55. The molecule has 0 radical (unpaired) electrons. The van der Waals surface area contributed by atoms with Crippen molar-refractivity contribution in [3.05, 3.63) is 11.6 Å². The summed E-state index contributed by atoms with van der Waals surface area (Å²) < 4.78 is 12.0. The molecule has 2 aliphatic carbocycles. The summed E-state index contributed by atoms with van der Waals surface area (Å²) in [6, 6.07) is 0. The van der Waals surface area contributed by atoms with Gasteiger partial charge in [-0.25, -0.2) is 0 Å². The Morgan fingerprint density at radius 1 is 1.39 bits per heavy atom. The number of allylic oxidation sites excluding steroid dienone is 2. The summed E-state index contributed by atoms with van der Waals surface area (Å²) in [6.07, 6.45) is 7.26. The third-order valence-corrected chi connectivity index (χ3v) is 6.07.